The quantitative estimate of drug-likeness (QED) is 0.567. The van der Waals surface area contributed by atoms with Crippen molar-refractivity contribution in [2.45, 2.75) is 47.5 Å². The van der Waals surface area contributed by atoms with E-state index in [1.54, 1.807) is 0 Å². The van der Waals surface area contributed by atoms with Crippen LogP contribution in [0.4, 0.5) is 0 Å². The molecule has 0 aromatic heterocycles. The molecule has 0 unspecified atom stereocenters. The minimum atomic E-state index is 0.293. The highest BCUT2D eigenvalue weighted by atomic mass is 35.5. The highest BCUT2D eigenvalue weighted by Crippen LogP contribution is 2.36. The van der Waals surface area contributed by atoms with Crippen LogP contribution in [0.5, 0.6) is 0 Å². The second-order valence-corrected chi connectivity index (χ2v) is 5.26. The third-order valence-electron chi connectivity index (χ3n) is 2.28. The molecular formula is C10H21Cl. The van der Waals surface area contributed by atoms with Crippen LogP contribution >= 0.6 is 11.6 Å². The molecule has 0 N–H and O–H groups in total. The minimum absolute atomic E-state index is 0.293. The predicted octanol–water partition coefficient (Wildman–Crippen LogP) is 4.08. The highest BCUT2D eigenvalue weighted by Gasteiger charge is 2.26. The van der Waals surface area contributed by atoms with Crippen molar-refractivity contribution in [1.82, 2.24) is 0 Å². The van der Waals surface area contributed by atoms with Gasteiger partial charge in [-0.25, -0.2) is 0 Å². The zero-order valence-electron chi connectivity index (χ0n) is 8.50. The van der Waals surface area contributed by atoms with Crippen molar-refractivity contribution in [3.05, 3.63) is 0 Å². The van der Waals surface area contributed by atoms with Crippen molar-refractivity contribution in [2.24, 2.45) is 10.8 Å². The summed E-state index contributed by atoms with van der Waals surface area (Å²) in [6.07, 6.45) is 2.44. The van der Waals surface area contributed by atoms with E-state index in [2.05, 4.69) is 34.6 Å². The molecule has 0 saturated carbocycles. The maximum atomic E-state index is 5.86. The first-order valence-electron chi connectivity index (χ1n) is 4.39. The summed E-state index contributed by atoms with van der Waals surface area (Å²) < 4.78 is 0. The summed E-state index contributed by atoms with van der Waals surface area (Å²) in [4.78, 5) is 0. The Labute approximate surface area is 76.3 Å². The Bertz CT molecular complexity index is 100. The molecule has 68 valence electrons. The number of hydrogen-bond acceptors (Lipinski definition) is 0. The first kappa shape index (κ1) is 11.3. The Morgan fingerprint density at radius 2 is 1.45 bits per heavy atom. The van der Waals surface area contributed by atoms with Crippen LogP contribution < -0.4 is 0 Å². The van der Waals surface area contributed by atoms with Gasteiger partial charge in [-0.15, -0.1) is 11.6 Å². The van der Waals surface area contributed by atoms with Crippen LogP contribution in [0.2, 0.25) is 0 Å². The van der Waals surface area contributed by atoms with Crippen molar-refractivity contribution < 1.29 is 0 Å². The van der Waals surface area contributed by atoms with E-state index < -0.39 is 0 Å². The zero-order chi connectivity index (χ0) is 9.12. The summed E-state index contributed by atoms with van der Waals surface area (Å²) in [6.45, 7) is 11.3. The van der Waals surface area contributed by atoms with Crippen LogP contribution in [-0.4, -0.2) is 5.88 Å². The number of hydrogen-bond donors (Lipinski definition) is 0. The summed E-state index contributed by atoms with van der Waals surface area (Å²) in [7, 11) is 0. The smallest absolute Gasteiger partial charge is 0.0274 e. The lowest BCUT2D eigenvalue weighted by Crippen LogP contribution is -2.23. The van der Waals surface area contributed by atoms with E-state index in [0.29, 0.717) is 10.8 Å². The summed E-state index contributed by atoms with van der Waals surface area (Å²) in [5, 5.41) is 0. The van der Waals surface area contributed by atoms with Crippen LogP contribution in [0, 0.1) is 10.8 Å². The van der Waals surface area contributed by atoms with Gasteiger partial charge in [0.1, 0.15) is 0 Å². The van der Waals surface area contributed by atoms with E-state index in [4.69, 9.17) is 11.6 Å². The molecule has 0 nitrogen and oxygen atoms in total. The number of alkyl halides is 1. The van der Waals surface area contributed by atoms with E-state index >= 15 is 0 Å². The Kier molecular flexibility index (Phi) is 3.90. The van der Waals surface area contributed by atoms with Crippen molar-refractivity contribution >= 4 is 11.6 Å². The molecule has 0 radical (unpaired) electrons. The Morgan fingerprint density at radius 3 is 1.73 bits per heavy atom. The average molecular weight is 177 g/mol. The van der Waals surface area contributed by atoms with Gasteiger partial charge in [0, 0.05) is 5.88 Å². The molecule has 0 fully saturated rings. The average Bonchev–Trinajstić information content (AvgIpc) is 1.86. The third kappa shape index (κ3) is 4.68. The number of halogens is 1. The minimum Gasteiger partial charge on any atom is -0.126 e. The first-order valence-corrected chi connectivity index (χ1v) is 4.92. The van der Waals surface area contributed by atoms with Crippen molar-refractivity contribution in [3.8, 4) is 0 Å². The van der Waals surface area contributed by atoms with Crippen LogP contribution in [0.15, 0.2) is 0 Å². The molecule has 0 aromatic rings. The molecule has 0 spiro atoms. The highest BCUT2D eigenvalue weighted by molar-refractivity contribution is 6.18. The molecule has 1 heteroatoms. The predicted molar refractivity (Wildman–Crippen MR) is 53.2 cm³/mol. The zero-order valence-corrected chi connectivity index (χ0v) is 9.26. The van der Waals surface area contributed by atoms with Gasteiger partial charge in [-0.05, 0) is 17.3 Å². The van der Waals surface area contributed by atoms with Gasteiger partial charge in [-0.2, -0.15) is 0 Å². The fourth-order valence-corrected chi connectivity index (χ4v) is 1.56. The lowest BCUT2D eigenvalue weighted by Gasteiger charge is -2.32. The lowest BCUT2D eigenvalue weighted by molar-refractivity contribution is 0.209. The molecule has 0 rings (SSSR count). The van der Waals surface area contributed by atoms with Gasteiger partial charge in [0.15, 0.2) is 0 Å². The molecule has 0 aliphatic rings. The van der Waals surface area contributed by atoms with Gasteiger partial charge < -0.3 is 0 Å². The van der Waals surface area contributed by atoms with Crippen molar-refractivity contribution in [1.29, 1.82) is 0 Å². The molecule has 0 heterocycles. The lowest BCUT2D eigenvalue weighted by atomic mass is 9.75. The van der Waals surface area contributed by atoms with Crippen LogP contribution in [0.3, 0.4) is 0 Å². The standard InChI is InChI=1S/C10H21Cl/c1-6-9(2,3)7-10(4,5)8-11/h6-8H2,1-5H3. The molecule has 0 atom stereocenters. The largest absolute Gasteiger partial charge is 0.126 e. The molecule has 0 aromatic carbocycles. The fourth-order valence-electron chi connectivity index (χ4n) is 1.47. The summed E-state index contributed by atoms with van der Waals surface area (Å²) in [5.41, 5.74) is 0.736. The second kappa shape index (κ2) is 3.80. The van der Waals surface area contributed by atoms with Gasteiger partial charge in [0.2, 0.25) is 0 Å². The van der Waals surface area contributed by atoms with E-state index in [1.165, 1.54) is 12.8 Å². The fraction of sp³-hybridized carbons (Fsp3) is 1.00. The van der Waals surface area contributed by atoms with E-state index in [9.17, 15) is 0 Å². The van der Waals surface area contributed by atoms with Crippen LogP contribution in [-0.2, 0) is 0 Å². The van der Waals surface area contributed by atoms with Gasteiger partial charge in [-0.1, -0.05) is 41.0 Å². The monoisotopic (exact) mass is 176 g/mol. The topological polar surface area (TPSA) is 0 Å². The molecule has 0 aliphatic carbocycles. The molecule has 0 saturated heterocycles. The Morgan fingerprint density at radius 1 is 1.00 bits per heavy atom. The maximum absolute atomic E-state index is 5.86. The molecule has 0 amide bonds. The van der Waals surface area contributed by atoms with Crippen molar-refractivity contribution in [3.63, 3.8) is 0 Å². The van der Waals surface area contributed by atoms with E-state index in [1.807, 2.05) is 0 Å². The van der Waals surface area contributed by atoms with Crippen LogP contribution in [0.25, 0.3) is 0 Å². The van der Waals surface area contributed by atoms with Crippen molar-refractivity contribution in [2.75, 3.05) is 5.88 Å². The summed E-state index contributed by atoms with van der Waals surface area (Å²) in [5.74, 6) is 0.760. The third-order valence-corrected chi connectivity index (χ3v) is 3.00. The SMILES string of the molecule is CCC(C)(C)CC(C)(C)CCl. The molecule has 0 bridgehead atoms. The first-order chi connectivity index (χ1) is 4.83. The normalized spacial score (nSPS) is 13.6. The Hall–Kier alpha value is 0.290. The van der Waals surface area contributed by atoms with Gasteiger partial charge >= 0.3 is 0 Å². The van der Waals surface area contributed by atoms with Gasteiger partial charge in [0.05, 0.1) is 0 Å². The summed E-state index contributed by atoms with van der Waals surface area (Å²) >= 11 is 5.86. The van der Waals surface area contributed by atoms with E-state index in [-0.39, 0.29) is 0 Å². The van der Waals surface area contributed by atoms with Crippen LogP contribution in [0.1, 0.15) is 47.5 Å². The summed E-state index contributed by atoms with van der Waals surface area (Å²) in [6, 6.07) is 0. The molecule has 0 aliphatic heterocycles. The van der Waals surface area contributed by atoms with Gasteiger partial charge in [-0.3, -0.25) is 0 Å². The van der Waals surface area contributed by atoms with Gasteiger partial charge in [0.25, 0.3) is 0 Å². The van der Waals surface area contributed by atoms with E-state index in [0.717, 1.165) is 5.88 Å². The Balaban J connectivity index is 4.02. The molecular weight excluding hydrogens is 156 g/mol. The molecule has 11 heavy (non-hydrogen) atoms. The number of rotatable bonds is 4. The second-order valence-electron chi connectivity index (χ2n) is 4.99. The maximum Gasteiger partial charge on any atom is 0.0274 e.